The van der Waals surface area contributed by atoms with Gasteiger partial charge < -0.3 is 18.6 Å². The molecule has 0 aliphatic heterocycles. The zero-order valence-corrected chi connectivity index (χ0v) is 18.3. The second-order valence-corrected chi connectivity index (χ2v) is 8.35. The fraction of sp³-hybridized carbons (Fsp3) is 0.458. The average molecular weight is 424 g/mol. The summed E-state index contributed by atoms with van der Waals surface area (Å²) in [5.74, 6) is 3.29. The van der Waals surface area contributed by atoms with E-state index in [0.29, 0.717) is 30.1 Å². The first kappa shape index (κ1) is 21.2. The topological polar surface area (TPSA) is 81.6 Å². The zero-order chi connectivity index (χ0) is 21.8. The van der Waals surface area contributed by atoms with Crippen LogP contribution in [0.1, 0.15) is 44.8 Å². The largest absolute Gasteiger partial charge is 0.497 e. The Hall–Kier alpha value is -3.09. The monoisotopic (exact) mass is 423 g/mol. The lowest BCUT2D eigenvalue weighted by Crippen LogP contribution is -2.47. The van der Waals surface area contributed by atoms with Crippen molar-refractivity contribution in [2.75, 3.05) is 7.11 Å². The molecule has 1 saturated carbocycles. The number of furan rings is 1. The van der Waals surface area contributed by atoms with Gasteiger partial charge in [0.25, 0.3) is 0 Å². The summed E-state index contributed by atoms with van der Waals surface area (Å²) in [6, 6.07) is 11.3. The molecule has 0 saturated heterocycles. The Balaban J connectivity index is 1.51. The molecule has 7 heteroatoms. The lowest BCUT2D eigenvalue weighted by atomic mass is 9.77. The van der Waals surface area contributed by atoms with E-state index < -0.39 is 0 Å². The number of methoxy groups -OCH3 is 1. The first-order chi connectivity index (χ1) is 15.0. The summed E-state index contributed by atoms with van der Waals surface area (Å²) >= 11 is 0. The van der Waals surface area contributed by atoms with Crippen LogP contribution in [0.25, 0.3) is 11.4 Å². The van der Waals surface area contributed by atoms with Gasteiger partial charge in [0, 0.05) is 11.6 Å². The molecule has 31 heavy (non-hydrogen) atoms. The van der Waals surface area contributed by atoms with E-state index in [1.54, 1.807) is 13.4 Å². The average Bonchev–Trinajstić information content (AvgIpc) is 3.46. The van der Waals surface area contributed by atoms with Crippen molar-refractivity contribution in [3.8, 4) is 17.1 Å². The normalized spacial score (nSPS) is 21.1. The van der Waals surface area contributed by atoms with Crippen molar-refractivity contribution in [1.82, 2.24) is 15.0 Å². The Morgan fingerprint density at radius 3 is 2.71 bits per heavy atom. The van der Waals surface area contributed by atoms with Gasteiger partial charge in [-0.15, -0.1) is 0 Å². The molecule has 1 aromatic carbocycles. The molecule has 0 spiro atoms. The summed E-state index contributed by atoms with van der Waals surface area (Å²) in [6.07, 6.45) is 5.04. The third-order valence-electron chi connectivity index (χ3n) is 6.41. The molecular formula is C24H29N3O4. The molecular weight excluding hydrogens is 394 g/mol. The second-order valence-electron chi connectivity index (χ2n) is 8.35. The van der Waals surface area contributed by atoms with Crippen molar-refractivity contribution in [1.29, 1.82) is 0 Å². The van der Waals surface area contributed by atoms with E-state index in [1.165, 1.54) is 6.42 Å². The third-order valence-corrected chi connectivity index (χ3v) is 6.41. The number of carbonyl (C=O) groups is 1. The standard InChI is InChI=1S/C24H29N3O4/c1-16-6-4-8-21(17(16)2)27(15-20-7-5-13-30-20)23(28)14-22-25-24(26-31-22)18-9-11-19(29-3)12-10-18/h5,7,9-13,16-17,21H,4,6,8,14-15H2,1-3H3. The Bertz CT molecular complexity index is 981. The van der Waals surface area contributed by atoms with Crippen LogP contribution in [0, 0.1) is 11.8 Å². The fourth-order valence-electron chi connectivity index (χ4n) is 4.37. The molecule has 1 aliphatic carbocycles. The van der Waals surface area contributed by atoms with Gasteiger partial charge in [0.15, 0.2) is 0 Å². The summed E-state index contributed by atoms with van der Waals surface area (Å²) in [7, 11) is 1.62. The number of rotatable bonds is 7. The van der Waals surface area contributed by atoms with Crippen LogP contribution >= 0.6 is 0 Å². The maximum absolute atomic E-state index is 13.4. The van der Waals surface area contributed by atoms with Gasteiger partial charge in [-0.05, 0) is 54.7 Å². The zero-order valence-electron chi connectivity index (χ0n) is 18.3. The smallest absolute Gasteiger partial charge is 0.236 e. The Labute approximate surface area is 182 Å². The van der Waals surface area contributed by atoms with Gasteiger partial charge in [-0.1, -0.05) is 31.8 Å². The number of ether oxygens (including phenoxy) is 1. The van der Waals surface area contributed by atoms with Gasteiger partial charge in [0.05, 0.1) is 19.9 Å². The quantitative estimate of drug-likeness (QED) is 0.546. The molecule has 7 nitrogen and oxygen atoms in total. The van der Waals surface area contributed by atoms with Gasteiger partial charge >= 0.3 is 0 Å². The molecule has 3 atom stereocenters. The molecule has 0 N–H and O–H groups in total. The maximum Gasteiger partial charge on any atom is 0.236 e. The highest BCUT2D eigenvalue weighted by Crippen LogP contribution is 2.34. The number of benzene rings is 1. The van der Waals surface area contributed by atoms with Gasteiger partial charge in [0.2, 0.25) is 17.6 Å². The number of carbonyl (C=O) groups excluding carboxylic acids is 1. The van der Waals surface area contributed by atoms with Crippen molar-refractivity contribution >= 4 is 5.91 Å². The molecule has 4 rings (SSSR count). The van der Waals surface area contributed by atoms with Gasteiger partial charge in [-0.3, -0.25) is 4.79 Å². The van der Waals surface area contributed by atoms with Crippen molar-refractivity contribution < 1.29 is 18.5 Å². The number of hydrogen-bond acceptors (Lipinski definition) is 6. The van der Waals surface area contributed by atoms with Crippen molar-refractivity contribution in [2.24, 2.45) is 11.8 Å². The Morgan fingerprint density at radius 1 is 1.19 bits per heavy atom. The minimum Gasteiger partial charge on any atom is -0.497 e. The third kappa shape index (κ3) is 4.81. The number of hydrogen-bond donors (Lipinski definition) is 0. The predicted molar refractivity (Wildman–Crippen MR) is 115 cm³/mol. The van der Waals surface area contributed by atoms with Crippen LogP contribution in [0.5, 0.6) is 5.75 Å². The van der Waals surface area contributed by atoms with E-state index >= 15 is 0 Å². The first-order valence-corrected chi connectivity index (χ1v) is 10.8. The van der Waals surface area contributed by atoms with Gasteiger partial charge in [0.1, 0.15) is 17.9 Å². The molecule has 1 amide bonds. The summed E-state index contributed by atoms with van der Waals surface area (Å²) in [4.78, 5) is 19.7. The SMILES string of the molecule is COc1ccc(-c2noc(CC(=O)N(Cc3ccco3)C3CCCC(C)C3C)n2)cc1. The van der Waals surface area contributed by atoms with E-state index in [4.69, 9.17) is 13.7 Å². The van der Waals surface area contributed by atoms with Crippen LogP contribution in [-0.2, 0) is 17.8 Å². The van der Waals surface area contributed by atoms with E-state index in [-0.39, 0.29) is 18.4 Å². The van der Waals surface area contributed by atoms with Crippen LogP contribution in [-0.4, -0.2) is 34.1 Å². The van der Waals surface area contributed by atoms with Crippen molar-refractivity contribution in [3.05, 3.63) is 54.3 Å². The van der Waals surface area contributed by atoms with Crippen LogP contribution in [0.2, 0.25) is 0 Å². The van der Waals surface area contributed by atoms with E-state index in [1.807, 2.05) is 41.3 Å². The first-order valence-electron chi connectivity index (χ1n) is 10.8. The summed E-state index contributed by atoms with van der Waals surface area (Å²) < 4.78 is 16.1. The van der Waals surface area contributed by atoms with Crippen LogP contribution < -0.4 is 4.74 Å². The van der Waals surface area contributed by atoms with Gasteiger partial charge in [-0.2, -0.15) is 4.98 Å². The highest BCUT2D eigenvalue weighted by atomic mass is 16.5. The fourth-order valence-corrected chi connectivity index (χ4v) is 4.37. The lowest BCUT2D eigenvalue weighted by Gasteiger charge is -2.41. The van der Waals surface area contributed by atoms with E-state index in [2.05, 4.69) is 24.0 Å². The maximum atomic E-state index is 13.4. The number of amides is 1. The van der Waals surface area contributed by atoms with Crippen LogP contribution in [0.15, 0.2) is 51.6 Å². The van der Waals surface area contributed by atoms with Crippen molar-refractivity contribution in [3.63, 3.8) is 0 Å². The molecule has 3 aromatic rings. The van der Waals surface area contributed by atoms with Crippen molar-refractivity contribution in [2.45, 2.75) is 52.1 Å². The van der Waals surface area contributed by atoms with Gasteiger partial charge in [-0.25, -0.2) is 0 Å². The number of aromatic nitrogens is 2. The molecule has 1 aliphatic rings. The second kappa shape index (κ2) is 9.37. The Morgan fingerprint density at radius 2 is 2.00 bits per heavy atom. The van der Waals surface area contributed by atoms with Crippen LogP contribution in [0.4, 0.5) is 0 Å². The highest BCUT2D eigenvalue weighted by Gasteiger charge is 2.35. The van der Waals surface area contributed by atoms with E-state index in [9.17, 15) is 4.79 Å². The molecule has 1 fully saturated rings. The predicted octanol–water partition coefficient (Wildman–Crippen LogP) is 4.73. The lowest BCUT2D eigenvalue weighted by molar-refractivity contribution is -0.136. The van der Waals surface area contributed by atoms with Crippen LogP contribution in [0.3, 0.4) is 0 Å². The molecule has 2 aromatic heterocycles. The molecule has 164 valence electrons. The minimum atomic E-state index is -0.0210. The Kier molecular flexibility index (Phi) is 6.39. The minimum absolute atomic E-state index is 0.0210. The molecule has 0 radical (unpaired) electrons. The van der Waals surface area contributed by atoms with E-state index in [0.717, 1.165) is 29.9 Å². The molecule has 0 bridgehead atoms. The summed E-state index contributed by atoms with van der Waals surface area (Å²) in [5, 5.41) is 4.05. The summed E-state index contributed by atoms with van der Waals surface area (Å²) in [6.45, 7) is 4.96. The number of nitrogens with zero attached hydrogens (tertiary/aromatic N) is 3. The molecule has 3 unspecified atom stereocenters. The highest BCUT2D eigenvalue weighted by molar-refractivity contribution is 5.78. The molecule has 2 heterocycles. The summed E-state index contributed by atoms with van der Waals surface area (Å²) in [5.41, 5.74) is 0.811.